The number of aromatic nitrogens is 2. The van der Waals surface area contributed by atoms with E-state index < -0.39 is 15.9 Å². The van der Waals surface area contributed by atoms with Gasteiger partial charge in [-0.05, 0) is 50.1 Å². The summed E-state index contributed by atoms with van der Waals surface area (Å²) in [5.41, 5.74) is 1.40. The molecule has 1 fully saturated rings. The van der Waals surface area contributed by atoms with Gasteiger partial charge in [-0.15, -0.1) is 0 Å². The largest absolute Gasteiger partial charge is 0.350 e. The van der Waals surface area contributed by atoms with Crippen molar-refractivity contribution in [3.05, 3.63) is 41.8 Å². The number of H-pyrrole nitrogens is 1. The molecule has 146 valence electrons. The van der Waals surface area contributed by atoms with Crippen LogP contribution in [0.1, 0.15) is 36.7 Å². The Hall–Kier alpha value is -2.26. The molecule has 1 aromatic carbocycles. The molecule has 0 saturated carbocycles. The van der Waals surface area contributed by atoms with E-state index in [0.29, 0.717) is 17.8 Å². The number of sulfonamides is 1. The fourth-order valence-electron chi connectivity index (χ4n) is 3.20. The van der Waals surface area contributed by atoms with Crippen LogP contribution in [0.4, 0.5) is 4.39 Å². The van der Waals surface area contributed by atoms with Gasteiger partial charge in [0.2, 0.25) is 10.0 Å². The molecule has 2 N–H and O–H groups in total. The Bertz CT molecular complexity index is 896. The van der Waals surface area contributed by atoms with Gasteiger partial charge in [-0.1, -0.05) is 6.42 Å². The third-order valence-corrected chi connectivity index (χ3v) is 6.68. The monoisotopic (exact) mass is 394 g/mol. The number of halogens is 1. The summed E-state index contributed by atoms with van der Waals surface area (Å²) in [5.74, 6) is -0.920. The molecule has 2 heterocycles. The number of carbonyl (C=O) groups is 1. The molecule has 9 heteroatoms. The number of rotatable bonds is 6. The van der Waals surface area contributed by atoms with E-state index in [2.05, 4.69) is 15.5 Å². The maximum Gasteiger partial charge on any atom is 0.269 e. The van der Waals surface area contributed by atoms with Crippen LogP contribution in [0.5, 0.6) is 0 Å². The van der Waals surface area contributed by atoms with Gasteiger partial charge in [-0.2, -0.15) is 9.40 Å². The van der Waals surface area contributed by atoms with Crippen LogP contribution in [-0.4, -0.2) is 53.7 Å². The van der Waals surface area contributed by atoms with Gasteiger partial charge in [0.05, 0.1) is 11.4 Å². The van der Waals surface area contributed by atoms with Crippen LogP contribution in [0, 0.1) is 5.82 Å². The zero-order chi connectivity index (χ0) is 19.4. The van der Waals surface area contributed by atoms with Crippen LogP contribution < -0.4 is 5.32 Å². The number of hydrogen-bond donors (Lipinski definition) is 2. The highest BCUT2D eigenvalue weighted by Crippen LogP contribution is 2.20. The van der Waals surface area contributed by atoms with E-state index in [1.54, 1.807) is 18.2 Å². The number of nitrogens with one attached hydrogen (secondary N) is 2. The second kappa shape index (κ2) is 8.18. The second-order valence-electron chi connectivity index (χ2n) is 6.70. The molecule has 0 spiro atoms. The Kier molecular flexibility index (Phi) is 5.91. The molecule has 2 aromatic rings. The van der Waals surface area contributed by atoms with E-state index in [9.17, 15) is 17.6 Å². The Morgan fingerprint density at radius 3 is 2.78 bits per heavy atom. The third kappa shape index (κ3) is 4.72. The Morgan fingerprint density at radius 1 is 1.33 bits per heavy atom. The molecule has 7 nitrogen and oxygen atoms in total. The van der Waals surface area contributed by atoms with E-state index in [0.717, 1.165) is 19.3 Å². The molecular weight excluding hydrogens is 371 g/mol. The highest BCUT2D eigenvalue weighted by atomic mass is 32.2. The predicted octanol–water partition coefficient (Wildman–Crippen LogP) is 2.15. The third-order valence-electron chi connectivity index (χ3n) is 4.71. The second-order valence-corrected chi connectivity index (χ2v) is 8.74. The van der Waals surface area contributed by atoms with Crippen LogP contribution in [0.2, 0.25) is 0 Å². The smallest absolute Gasteiger partial charge is 0.269 e. The number of benzene rings is 1. The van der Waals surface area contributed by atoms with Crippen molar-refractivity contribution in [2.75, 3.05) is 18.8 Å². The van der Waals surface area contributed by atoms with Crippen LogP contribution >= 0.6 is 0 Å². The number of piperidine rings is 1. The van der Waals surface area contributed by atoms with E-state index in [4.69, 9.17) is 0 Å². The average molecular weight is 394 g/mol. The molecule has 1 atom stereocenters. The molecule has 0 bridgehead atoms. The van der Waals surface area contributed by atoms with Crippen molar-refractivity contribution in [1.82, 2.24) is 19.8 Å². The summed E-state index contributed by atoms with van der Waals surface area (Å²) in [7, 11) is -3.39. The fourth-order valence-corrected chi connectivity index (χ4v) is 4.85. The zero-order valence-corrected chi connectivity index (χ0v) is 15.9. The van der Waals surface area contributed by atoms with Gasteiger partial charge < -0.3 is 5.32 Å². The fraction of sp³-hybridized carbons (Fsp3) is 0.444. The number of hydrogen-bond acceptors (Lipinski definition) is 4. The first-order valence-electron chi connectivity index (χ1n) is 8.96. The topological polar surface area (TPSA) is 95.2 Å². The highest BCUT2D eigenvalue weighted by Gasteiger charge is 2.29. The molecule has 1 aliphatic rings. The molecule has 3 rings (SSSR count). The van der Waals surface area contributed by atoms with E-state index in [1.165, 1.54) is 16.4 Å². The lowest BCUT2D eigenvalue weighted by Gasteiger charge is -2.32. The van der Waals surface area contributed by atoms with Crippen molar-refractivity contribution in [2.24, 2.45) is 0 Å². The van der Waals surface area contributed by atoms with E-state index >= 15 is 0 Å². The van der Waals surface area contributed by atoms with Gasteiger partial charge in [0, 0.05) is 24.7 Å². The van der Waals surface area contributed by atoms with Gasteiger partial charge in [-0.25, -0.2) is 12.8 Å². The quantitative estimate of drug-likeness (QED) is 0.785. The van der Waals surface area contributed by atoms with Gasteiger partial charge >= 0.3 is 0 Å². The maximum absolute atomic E-state index is 13.0. The van der Waals surface area contributed by atoms with E-state index in [-0.39, 0.29) is 29.9 Å². The molecule has 1 saturated heterocycles. The van der Waals surface area contributed by atoms with Crippen molar-refractivity contribution in [2.45, 2.75) is 32.2 Å². The minimum absolute atomic E-state index is 0.00493. The summed E-state index contributed by atoms with van der Waals surface area (Å²) in [6, 6.07) is 7.32. The first kappa shape index (κ1) is 19.5. The van der Waals surface area contributed by atoms with Crippen LogP contribution in [-0.2, 0) is 10.0 Å². The Balaban J connectivity index is 1.56. The molecule has 0 unspecified atom stereocenters. The predicted molar refractivity (Wildman–Crippen MR) is 100 cm³/mol. The summed E-state index contributed by atoms with van der Waals surface area (Å²) in [4.78, 5) is 12.2. The summed E-state index contributed by atoms with van der Waals surface area (Å²) < 4.78 is 39.4. The molecule has 0 aliphatic carbocycles. The summed E-state index contributed by atoms with van der Waals surface area (Å²) in [5, 5.41) is 9.27. The van der Waals surface area contributed by atoms with Crippen LogP contribution in [0.15, 0.2) is 30.3 Å². The van der Waals surface area contributed by atoms with Gasteiger partial charge in [0.1, 0.15) is 11.5 Å². The van der Waals surface area contributed by atoms with Crippen LogP contribution in [0.3, 0.4) is 0 Å². The molecule has 1 aliphatic heterocycles. The standard InChI is InChI=1S/C18H23FN4O3S/c1-13-4-2-3-10-23(13)27(25,26)11-9-20-18(24)17-12-16(21-22-17)14-5-7-15(19)8-6-14/h5-8,12-13H,2-4,9-11H2,1H3,(H,20,24)(H,21,22)/t13-/m0/s1. The van der Waals surface area contributed by atoms with Gasteiger partial charge in [0.15, 0.2) is 0 Å². The summed E-state index contributed by atoms with van der Waals surface area (Å²) >= 11 is 0. The lowest BCUT2D eigenvalue weighted by molar-refractivity contribution is 0.0951. The van der Waals surface area contributed by atoms with Crippen molar-refractivity contribution < 1.29 is 17.6 Å². The van der Waals surface area contributed by atoms with Gasteiger partial charge in [-0.3, -0.25) is 9.89 Å². The number of amides is 1. The first-order valence-corrected chi connectivity index (χ1v) is 10.6. The lowest BCUT2D eigenvalue weighted by atomic mass is 10.1. The zero-order valence-electron chi connectivity index (χ0n) is 15.1. The molecule has 1 amide bonds. The highest BCUT2D eigenvalue weighted by molar-refractivity contribution is 7.89. The Morgan fingerprint density at radius 2 is 2.07 bits per heavy atom. The van der Waals surface area contributed by atoms with Gasteiger partial charge in [0.25, 0.3) is 5.91 Å². The van der Waals surface area contributed by atoms with Crippen molar-refractivity contribution in [3.63, 3.8) is 0 Å². The molecule has 1 aromatic heterocycles. The minimum atomic E-state index is -3.39. The van der Waals surface area contributed by atoms with Crippen molar-refractivity contribution >= 4 is 15.9 Å². The van der Waals surface area contributed by atoms with Crippen molar-refractivity contribution in [3.8, 4) is 11.3 Å². The van der Waals surface area contributed by atoms with Crippen molar-refractivity contribution in [1.29, 1.82) is 0 Å². The molecule has 27 heavy (non-hydrogen) atoms. The first-order chi connectivity index (χ1) is 12.9. The summed E-state index contributed by atoms with van der Waals surface area (Å²) in [6.07, 6.45) is 2.78. The molecular formula is C18H23FN4O3S. The number of carbonyl (C=O) groups excluding carboxylic acids is 1. The lowest BCUT2D eigenvalue weighted by Crippen LogP contribution is -2.45. The SMILES string of the molecule is C[C@H]1CCCCN1S(=O)(=O)CCNC(=O)c1cc(-c2ccc(F)cc2)n[nH]1. The normalized spacial score (nSPS) is 18.4. The van der Waals surface area contributed by atoms with E-state index in [1.807, 2.05) is 6.92 Å². The average Bonchev–Trinajstić information content (AvgIpc) is 3.12. The minimum Gasteiger partial charge on any atom is -0.350 e. The van der Waals surface area contributed by atoms with Crippen LogP contribution in [0.25, 0.3) is 11.3 Å². The Labute approximate surface area is 158 Å². The summed E-state index contributed by atoms with van der Waals surface area (Å²) in [6.45, 7) is 2.48. The molecule has 0 radical (unpaired) electrons. The number of aromatic amines is 1. The maximum atomic E-state index is 13.0. The number of nitrogens with zero attached hydrogens (tertiary/aromatic N) is 2.